The van der Waals surface area contributed by atoms with Crippen LogP contribution >= 0.6 is 7.82 Å². The molecule has 9 nitrogen and oxygen atoms in total. The summed E-state index contributed by atoms with van der Waals surface area (Å²) in [5.74, 6) is -0.614. The third-order valence-corrected chi connectivity index (χ3v) is 14.7. The summed E-state index contributed by atoms with van der Waals surface area (Å²) in [7, 11) is 1.13. The summed E-state index contributed by atoms with van der Waals surface area (Å²) in [5.41, 5.74) is 0. The molecule has 3 atom stereocenters. The summed E-state index contributed by atoms with van der Waals surface area (Å²) in [6, 6.07) is -0.928. The summed E-state index contributed by atoms with van der Waals surface area (Å²) >= 11 is 0. The fourth-order valence-electron chi connectivity index (χ4n) is 8.73. The van der Waals surface area contributed by atoms with Crippen molar-refractivity contribution in [2.75, 3.05) is 40.9 Å². The molecule has 0 aromatic rings. The number of phosphoric acid groups is 1. The smallest absolute Gasteiger partial charge is 0.306 e. The number of phosphoric ester groups is 1. The minimum Gasteiger partial charge on any atom is -0.756 e. The van der Waals surface area contributed by atoms with Crippen molar-refractivity contribution >= 4 is 19.7 Å². The number of esters is 1. The molecule has 0 spiro atoms. The number of quaternary nitrogens is 1. The lowest BCUT2D eigenvalue weighted by atomic mass is 10.0. The van der Waals surface area contributed by atoms with Gasteiger partial charge in [-0.05, 0) is 128 Å². The summed E-state index contributed by atoms with van der Waals surface area (Å²) in [6.45, 7) is 6.56. The van der Waals surface area contributed by atoms with Crippen molar-refractivity contribution in [3.05, 3.63) is 146 Å². The highest BCUT2D eigenvalue weighted by atomic mass is 31.2. The number of allylic oxidation sites excluding steroid dienone is 23. The van der Waals surface area contributed by atoms with E-state index in [4.69, 9.17) is 13.8 Å². The topological polar surface area (TPSA) is 114 Å². The lowest BCUT2D eigenvalue weighted by molar-refractivity contribution is -0.870. The molecule has 3 unspecified atom stereocenters. The van der Waals surface area contributed by atoms with Crippen LogP contribution in [0.1, 0.15) is 252 Å². The number of hydrogen-bond acceptors (Lipinski definition) is 7. The molecule has 0 saturated carbocycles. The van der Waals surface area contributed by atoms with Crippen molar-refractivity contribution in [1.29, 1.82) is 0 Å². The molecule has 0 heterocycles. The maximum Gasteiger partial charge on any atom is 0.306 e. The van der Waals surface area contributed by atoms with E-state index in [0.29, 0.717) is 23.9 Å². The summed E-state index contributed by atoms with van der Waals surface area (Å²) in [4.78, 5) is 40.1. The lowest BCUT2D eigenvalue weighted by Crippen LogP contribution is -2.47. The van der Waals surface area contributed by atoms with Gasteiger partial charge in [-0.25, -0.2) is 0 Å². The molecule has 1 amide bonds. The molecule has 0 aliphatic heterocycles. The number of carbonyl (C=O) groups excluding carboxylic acids is 2. The van der Waals surface area contributed by atoms with Gasteiger partial charge >= 0.3 is 5.97 Å². The first kappa shape index (κ1) is 78.9. The van der Waals surface area contributed by atoms with Gasteiger partial charge in [0.2, 0.25) is 5.91 Å². The van der Waals surface area contributed by atoms with Crippen molar-refractivity contribution in [1.82, 2.24) is 5.32 Å². The average molecular weight is 1170 g/mol. The van der Waals surface area contributed by atoms with Crippen LogP contribution in [0.5, 0.6) is 0 Å². The molecule has 10 heteroatoms. The van der Waals surface area contributed by atoms with Crippen LogP contribution in [0.25, 0.3) is 0 Å². The SMILES string of the molecule is CC/C=C\C/C=C\C/C=C\C/C=C\C/C=C\C/C=C\CCCCC(=O)NC(COP(=O)([O-])OCC[N+](C)(C)C)C(/C=C/CCCCCCCCCCCCC)OC(=O)CCCCCCCCC/C=C\C/C=C\C/C=C\C/C=C\C/C=C\CC. The maximum atomic E-state index is 13.6. The third-order valence-electron chi connectivity index (χ3n) is 13.8. The average Bonchev–Trinajstić information content (AvgIpc) is 3.46. The zero-order valence-corrected chi connectivity index (χ0v) is 54.7. The monoisotopic (exact) mass is 1170 g/mol. The maximum absolute atomic E-state index is 13.6. The zero-order valence-electron chi connectivity index (χ0n) is 53.8. The number of nitrogens with zero attached hydrogens (tertiary/aromatic N) is 1. The molecule has 0 saturated heterocycles. The number of likely N-dealkylation sites (N-methyl/N-ethyl adjacent to an activating group) is 1. The van der Waals surface area contributed by atoms with Crippen molar-refractivity contribution in [3.8, 4) is 0 Å². The van der Waals surface area contributed by atoms with Crippen molar-refractivity contribution < 1.29 is 37.3 Å². The number of ether oxygens (including phenoxy) is 1. The molecule has 0 rings (SSSR count). The zero-order chi connectivity index (χ0) is 60.7. The van der Waals surface area contributed by atoms with Gasteiger partial charge in [-0.3, -0.25) is 14.2 Å². The predicted octanol–water partition coefficient (Wildman–Crippen LogP) is 20.4. The van der Waals surface area contributed by atoms with Crippen molar-refractivity contribution in [2.24, 2.45) is 0 Å². The van der Waals surface area contributed by atoms with Gasteiger partial charge in [0.05, 0.1) is 33.8 Å². The first-order valence-corrected chi connectivity index (χ1v) is 34.6. The van der Waals surface area contributed by atoms with Crippen LogP contribution in [0.3, 0.4) is 0 Å². The largest absolute Gasteiger partial charge is 0.756 e. The Kier molecular flexibility index (Phi) is 58.0. The minimum absolute atomic E-state index is 0.0412. The molecule has 83 heavy (non-hydrogen) atoms. The van der Waals surface area contributed by atoms with Crippen LogP contribution < -0.4 is 10.2 Å². The molecule has 1 N–H and O–H groups in total. The molecular formula is C73H123N2O7P. The first-order valence-electron chi connectivity index (χ1n) is 33.1. The van der Waals surface area contributed by atoms with Gasteiger partial charge in [-0.1, -0.05) is 257 Å². The van der Waals surface area contributed by atoms with Crippen LogP contribution in [0.4, 0.5) is 0 Å². The molecule has 0 aliphatic carbocycles. The Morgan fingerprint density at radius 2 is 0.771 bits per heavy atom. The Balaban J connectivity index is 5.33. The number of nitrogens with one attached hydrogen (secondary N) is 1. The van der Waals surface area contributed by atoms with E-state index in [-0.39, 0.29) is 31.3 Å². The lowest BCUT2D eigenvalue weighted by Gasteiger charge is -2.30. The molecule has 472 valence electrons. The fraction of sp³-hybridized carbons (Fsp3) is 0.644. The van der Waals surface area contributed by atoms with Crippen molar-refractivity contribution in [2.45, 2.75) is 264 Å². The van der Waals surface area contributed by atoms with E-state index in [2.05, 4.69) is 160 Å². The molecule has 0 aliphatic rings. The number of rotatable bonds is 58. The normalized spacial score (nSPS) is 14.5. The highest BCUT2D eigenvalue weighted by Gasteiger charge is 2.27. The minimum atomic E-state index is -4.73. The Bertz CT molecular complexity index is 1930. The van der Waals surface area contributed by atoms with Crippen LogP contribution in [-0.2, 0) is 27.9 Å². The van der Waals surface area contributed by atoms with E-state index in [1.54, 1.807) is 0 Å². The molecule has 0 bridgehead atoms. The molecule has 0 fully saturated rings. The molecule has 0 aromatic heterocycles. The molecule has 0 aromatic carbocycles. The van der Waals surface area contributed by atoms with E-state index in [1.165, 1.54) is 77.0 Å². The third kappa shape index (κ3) is 62.2. The van der Waals surface area contributed by atoms with E-state index >= 15 is 0 Å². The van der Waals surface area contributed by atoms with Crippen LogP contribution in [0.15, 0.2) is 146 Å². The van der Waals surface area contributed by atoms with Crippen molar-refractivity contribution in [3.63, 3.8) is 0 Å². The Labute approximate surface area is 510 Å². The summed E-state index contributed by atoms with van der Waals surface area (Å²) in [6.07, 6.45) is 88.2. The second-order valence-electron chi connectivity index (χ2n) is 22.9. The Morgan fingerprint density at radius 3 is 1.17 bits per heavy atom. The molecular weight excluding hydrogens is 1050 g/mol. The van der Waals surface area contributed by atoms with Gasteiger partial charge in [0.15, 0.2) is 0 Å². The van der Waals surface area contributed by atoms with Gasteiger partial charge in [0, 0.05) is 12.8 Å². The highest BCUT2D eigenvalue weighted by molar-refractivity contribution is 7.45. The highest BCUT2D eigenvalue weighted by Crippen LogP contribution is 2.38. The van der Waals surface area contributed by atoms with Gasteiger partial charge in [0.1, 0.15) is 19.3 Å². The van der Waals surface area contributed by atoms with E-state index in [9.17, 15) is 19.0 Å². The van der Waals surface area contributed by atoms with Crippen LogP contribution in [-0.4, -0.2) is 69.4 Å². The van der Waals surface area contributed by atoms with Crippen LogP contribution in [0, 0.1) is 0 Å². The van der Waals surface area contributed by atoms with Gasteiger partial charge in [0.25, 0.3) is 7.82 Å². The standard InChI is InChI=1S/C73H123N2O7P/c1-7-10-13-16-19-22-25-28-30-32-34-36-37-39-41-43-45-48-51-54-57-60-63-66-73(77)82-71(64-61-58-55-52-49-46-27-24-21-18-15-12-9-3)70(69-81-83(78,79)80-68-67-75(4,5)6)74-72(76)65-62-59-56-53-50-47-44-42-40-38-35-33-31-29-26-23-20-17-14-11-8-2/h10-11,13-14,19-20,22-23,28-31,34-36,38-39,41-42,44,50,53,61,64,70-71H,7-9,12,15-18,21,24-27,32-33,37,40,43,45-49,51-52,54-60,62-63,65-69H2,1-6H3,(H-,74,76,78,79)/b13-10-,14-11-,22-19-,23-20-,30-28-,31-29-,36-34-,38-35-,41-39-,44-42-,53-50-,64-61+. The summed E-state index contributed by atoms with van der Waals surface area (Å²) < 4.78 is 30.4. The number of amides is 1. The van der Waals surface area contributed by atoms with Crippen LogP contribution in [0.2, 0.25) is 0 Å². The second kappa shape index (κ2) is 61.0. The Morgan fingerprint density at radius 1 is 0.434 bits per heavy atom. The fourth-order valence-corrected chi connectivity index (χ4v) is 9.45. The van der Waals surface area contributed by atoms with Gasteiger partial charge in [-0.15, -0.1) is 0 Å². The second-order valence-corrected chi connectivity index (χ2v) is 24.3. The number of carbonyl (C=O) groups is 2. The Hall–Kier alpha value is -4.11. The van der Waals surface area contributed by atoms with E-state index < -0.39 is 26.6 Å². The van der Waals surface area contributed by atoms with Gasteiger partial charge in [-0.2, -0.15) is 0 Å². The quantitative estimate of drug-likeness (QED) is 0.0212. The van der Waals surface area contributed by atoms with E-state index in [1.807, 2.05) is 33.3 Å². The van der Waals surface area contributed by atoms with Gasteiger partial charge < -0.3 is 28.5 Å². The number of hydrogen-bond donors (Lipinski definition) is 1. The molecule has 0 radical (unpaired) electrons. The first-order chi connectivity index (χ1) is 40.4. The number of unbranched alkanes of at least 4 members (excludes halogenated alkanes) is 20. The predicted molar refractivity (Wildman–Crippen MR) is 357 cm³/mol. The summed E-state index contributed by atoms with van der Waals surface area (Å²) in [5, 5.41) is 3.00. The van der Waals surface area contributed by atoms with E-state index in [0.717, 1.165) is 128 Å².